The zero-order chi connectivity index (χ0) is 12.3. The van der Waals surface area contributed by atoms with Gasteiger partial charge < -0.3 is 10.6 Å². The van der Waals surface area contributed by atoms with Gasteiger partial charge in [-0.3, -0.25) is 0 Å². The Hall–Kier alpha value is -0.450. The van der Waals surface area contributed by atoms with Gasteiger partial charge in [-0.05, 0) is 52.7 Å². The Kier molecular flexibility index (Phi) is 4.17. The van der Waals surface area contributed by atoms with E-state index in [9.17, 15) is 0 Å². The molecule has 17 heavy (non-hydrogen) atoms. The first kappa shape index (κ1) is 13.0. The Labute approximate surface area is 108 Å². The minimum atomic E-state index is 0.130. The number of rotatable bonds is 4. The van der Waals surface area contributed by atoms with Crippen LogP contribution in [-0.2, 0) is 5.54 Å². The third-order valence-electron chi connectivity index (χ3n) is 3.61. The summed E-state index contributed by atoms with van der Waals surface area (Å²) in [6, 6.07) is 0. The molecule has 0 radical (unpaired) electrons. The van der Waals surface area contributed by atoms with Gasteiger partial charge in [-0.1, -0.05) is 6.92 Å². The summed E-state index contributed by atoms with van der Waals surface area (Å²) < 4.78 is 0. The molecule has 1 fully saturated rings. The molecule has 0 atom stereocenters. The predicted octanol–water partition coefficient (Wildman–Crippen LogP) is 2.34. The second-order valence-corrected chi connectivity index (χ2v) is 6.12. The summed E-state index contributed by atoms with van der Waals surface area (Å²) in [5.41, 5.74) is 1.33. The Morgan fingerprint density at radius 1 is 1.35 bits per heavy atom. The lowest BCUT2D eigenvalue weighted by molar-refractivity contribution is 0.246. The largest absolute Gasteiger partial charge is 0.317 e. The molecule has 2 rings (SSSR count). The molecule has 1 aromatic rings. The van der Waals surface area contributed by atoms with Crippen molar-refractivity contribution < 1.29 is 0 Å². The van der Waals surface area contributed by atoms with Gasteiger partial charge in [0.25, 0.3) is 0 Å². The van der Waals surface area contributed by atoms with Gasteiger partial charge in [0.05, 0.1) is 11.2 Å². The van der Waals surface area contributed by atoms with E-state index < -0.39 is 0 Å². The lowest BCUT2D eigenvalue weighted by atomic mass is 9.88. The highest BCUT2D eigenvalue weighted by Crippen LogP contribution is 2.34. The summed E-state index contributed by atoms with van der Waals surface area (Å²) in [5.74, 6) is 0. The third-order valence-corrected chi connectivity index (χ3v) is 4.89. The summed E-state index contributed by atoms with van der Waals surface area (Å²) >= 11 is 1.87. The van der Waals surface area contributed by atoms with Crippen LogP contribution in [0.25, 0.3) is 0 Å². The van der Waals surface area contributed by atoms with Crippen molar-refractivity contribution in [2.45, 2.75) is 45.6 Å². The zero-order valence-corrected chi connectivity index (χ0v) is 11.9. The average molecular weight is 253 g/mol. The molecule has 1 aliphatic rings. The molecule has 96 valence electrons. The summed E-state index contributed by atoms with van der Waals surface area (Å²) in [6.07, 6.45) is 3.48. The molecule has 0 aromatic carbocycles. The van der Waals surface area contributed by atoms with Gasteiger partial charge in [0, 0.05) is 4.88 Å². The molecule has 0 aliphatic carbocycles. The minimum absolute atomic E-state index is 0.130. The first-order valence-electron chi connectivity index (χ1n) is 6.58. The van der Waals surface area contributed by atoms with Crippen LogP contribution >= 0.6 is 11.3 Å². The molecule has 2 N–H and O–H groups in total. The van der Waals surface area contributed by atoms with Crippen LogP contribution in [0.3, 0.4) is 0 Å². The van der Waals surface area contributed by atoms with Crippen LogP contribution in [0.15, 0.2) is 0 Å². The molecule has 0 bridgehead atoms. The molecule has 0 unspecified atom stereocenters. The maximum atomic E-state index is 4.79. The van der Waals surface area contributed by atoms with Gasteiger partial charge in [0.1, 0.15) is 5.01 Å². The van der Waals surface area contributed by atoms with Crippen LogP contribution < -0.4 is 10.6 Å². The van der Waals surface area contributed by atoms with E-state index in [-0.39, 0.29) is 5.54 Å². The lowest BCUT2D eigenvalue weighted by Crippen LogP contribution is -2.50. The fraction of sp³-hybridized carbons (Fsp3) is 0.769. The number of piperidine rings is 1. The smallest absolute Gasteiger partial charge is 0.113 e. The fourth-order valence-corrected chi connectivity index (χ4v) is 3.50. The maximum absolute atomic E-state index is 4.79. The van der Waals surface area contributed by atoms with Crippen LogP contribution in [0.4, 0.5) is 0 Å². The number of hydrogen-bond acceptors (Lipinski definition) is 4. The molecule has 1 aromatic heterocycles. The molecule has 1 saturated heterocycles. The second-order valence-electron chi connectivity index (χ2n) is 4.92. The highest BCUT2D eigenvalue weighted by atomic mass is 32.1. The second kappa shape index (κ2) is 5.46. The van der Waals surface area contributed by atoms with Crippen molar-refractivity contribution >= 4 is 11.3 Å². The monoisotopic (exact) mass is 253 g/mol. The number of aryl methyl sites for hydroxylation is 2. The number of aromatic nitrogens is 1. The van der Waals surface area contributed by atoms with Crippen LogP contribution in [0.1, 0.15) is 41.8 Å². The highest BCUT2D eigenvalue weighted by Gasteiger charge is 2.36. The summed E-state index contributed by atoms with van der Waals surface area (Å²) in [6.45, 7) is 9.77. The van der Waals surface area contributed by atoms with Crippen molar-refractivity contribution in [1.29, 1.82) is 0 Å². The number of nitrogens with one attached hydrogen (secondary N) is 2. The average Bonchev–Trinajstić information content (AvgIpc) is 2.69. The molecule has 0 spiro atoms. The molecule has 0 amide bonds. The molecule has 3 nitrogen and oxygen atoms in total. The van der Waals surface area contributed by atoms with E-state index in [1.165, 1.54) is 22.0 Å². The van der Waals surface area contributed by atoms with E-state index in [1.807, 2.05) is 11.3 Å². The van der Waals surface area contributed by atoms with Crippen molar-refractivity contribution in [1.82, 2.24) is 15.6 Å². The number of nitrogens with zero attached hydrogens (tertiary/aromatic N) is 1. The first-order valence-corrected chi connectivity index (χ1v) is 7.40. The highest BCUT2D eigenvalue weighted by molar-refractivity contribution is 7.11. The maximum Gasteiger partial charge on any atom is 0.113 e. The van der Waals surface area contributed by atoms with Gasteiger partial charge in [0.15, 0.2) is 0 Å². The van der Waals surface area contributed by atoms with Crippen LogP contribution in [0.2, 0.25) is 0 Å². The van der Waals surface area contributed by atoms with E-state index in [0.717, 1.165) is 32.5 Å². The number of thiazole rings is 1. The predicted molar refractivity (Wildman–Crippen MR) is 73.7 cm³/mol. The normalized spacial score (nSPS) is 19.5. The molecule has 4 heteroatoms. The molecular weight excluding hydrogens is 230 g/mol. The van der Waals surface area contributed by atoms with E-state index in [4.69, 9.17) is 4.98 Å². The quantitative estimate of drug-likeness (QED) is 0.865. The molecule has 0 saturated carbocycles. The molecule has 2 heterocycles. The van der Waals surface area contributed by atoms with E-state index in [0.29, 0.717) is 0 Å². The lowest BCUT2D eigenvalue weighted by Gasteiger charge is -2.37. The summed E-state index contributed by atoms with van der Waals surface area (Å²) in [5, 5.41) is 8.49. The Balaban J connectivity index is 2.25. The van der Waals surface area contributed by atoms with Crippen molar-refractivity contribution in [3.8, 4) is 0 Å². The van der Waals surface area contributed by atoms with Crippen LogP contribution in [0, 0.1) is 13.8 Å². The van der Waals surface area contributed by atoms with Gasteiger partial charge in [-0.2, -0.15) is 0 Å². The van der Waals surface area contributed by atoms with Gasteiger partial charge >= 0.3 is 0 Å². The Bertz CT molecular complexity index is 347. The van der Waals surface area contributed by atoms with Gasteiger partial charge in [-0.15, -0.1) is 11.3 Å². The van der Waals surface area contributed by atoms with Crippen molar-refractivity contribution in [3.05, 3.63) is 15.6 Å². The minimum Gasteiger partial charge on any atom is -0.317 e. The molecule has 1 aliphatic heterocycles. The van der Waals surface area contributed by atoms with Crippen LogP contribution in [0.5, 0.6) is 0 Å². The summed E-state index contributed by atoms with van der Waals surface area (Å²) in [7, 11) is 0. The van der Waals surface area contributed by atoms with E-state index in [2.05, 4.69) is 31.4 Å². The SMILES string of the molecule is CCCNC1(c2nc(C)c(C)s2)CCNCC1. The zero-order valence-electron chi connectivity index (χ0n) is 11.1. The standard InChI is InChI=1S/C13H23N3S/c1-4-7-15-13(5-8-14-9-6-13)12-16-10(2)11(3)17-12/h14-15H,4-9H2,1-3H3. The van der Waals surface area contributed by atoms with Crippen molar-refractivity contribution in [2.75, 3.05) is 19.6 Å². The van der Waals surface area contributed by atoms with Crippen molar-refractivity contribution in [3.63, 3.8) is 0 Å². The first-order chi connectivity index (χ1) is 8.18. The van der Waals surface area contributed by atoms with Crippen LogP contribution in [-0.4, -0.2) is 24.6 Å². The Morgan fingerprint density at radius 3 is 2.59 bits per heavy atom. The number of hydrogen-bond donors (Lipinski definition) is 2. The topological polar surface area (TPSA) is 37.0 Å². The van der Waals surface area contributed by atoms with Gasteiger partial charge in [-0.25, -0.2) is 4.98 Å². The third kappa shape index (κ3) is 2.69. The van der Waals surface area contributed by atoms with E-state index >= 15 is 0 Å². The Morgan fingerprint density at radius 2 is 2.06 bits per heavy atom. The van der Waals surface area contributed by atoms with E-state index in [1.54, 1.807) is 0 Å². The molecular formula is C13H23N3S. The fourth-order valence-electron chi connectivity index (χ4n) is 2.36. The van der Waals surface area contributed by atoms with Crippen molar-refractivity contribution in [2.24, 2.45) is 0 Å². The summed E-state index contributed by atoms with van der Waals surface area (Å²) in [4.78, 5) is 6.14. The van der Waals surface area contributed by atoms with Gasteiger partial charge in [0.2, 0.25) is 0 Å².